The van der Waals surface area contributed by atoms with Gasteiger partial charge in [0.15, 0.2) is 0 Å². The Bertz CT molecular complexity index is 642. The zero-order valence-corrected chi connectivity index (χ0v) is 13.1. The first-order valence-corrected chi connectivity index (χ1v) is 7.73. The van der Waals surface area contributed by atoms with Gasteiger partial charge in [-0.25, -0.2) is 0 Å². The zero-order valence-electron chi connectivity index (χ0n) is 11.5. The summed E-state index contributed by atoms with van der Waals surface area (Å²) in [6.07, 6.45) is 0.657. The van der Waals surface area contributed by atoms with Gasteiger partial charge >= 0.3 is 5.97 Å². The van der Waals surface area contributed by atoms with Crippen molar-refractivity contribution in [3.63, 3.8) is 0 Å². The van der Waals surface area contributed by atoms with Crippen LogP contribution in [0.5, 0.6) is 0 Å². The maximum Gasteiger partial charge on any atom is 0.323 e. The fourth-order valence-corrected chi connectivity index (χ4v) is 3.07. The van der Waals surface area contributed by atoms with Crippen LogP contribution in [0.4, 0.5) is 0 Å². The zero-order chi connectivity index (χ0) is 14.7. The molecule has 0 radical (unpaired) electrons. The number of carbonyl (C=O) groups is 1. The number of hydrogen-bond donors (Lipinski definition) is 1. The lowest BCUT2D eigenvalue weighted by atomic mass is 9.96. The molecule has 0 bridgehead atoms. The van der Waals surface area contributed by atoms with Crippen LogP contribution in [-0.4, -0.2) is 12.0 Å². The molecule has 2 aromatic carbocycles. The molecule has 0 aliphatic carbocycles. The van der Waals surface area contributed by atoms with E-state index in [1.807, 2.05) is 42.5 Å². The van der Waals surface area contributed by atoms with E-state index in [0.717, 1.165) is 10.0 Å². The number of hydrogen-bond acceptors (Lipinski definition) is 3. The third-order valence-electron chi connectivity index (χ3n) is 3.67. The molecule has 0 saturated carbocycles. The predicted molar refractivity (Wildman–Crippen MR) is 84.7 cm³/mol. The molecule has 3 nitrogen and oxygen atoms in total. The fraction of sp³-hybridized carbons (Fsp3) is 0.235. The Hall–Kier alpha value is -1.65. The average molecular weight is 346 g/mol. The van der Waals surface area contributed by atoms with Crippen molar-refractivity contribution in [2.75, 3.05) is 0 Å². The second kappa shape index (κ2) is 6.41. The molecule has 0 spiro atoms. The molecule has 0 saturated heterocycles. The van der Waals surface area contributed by atoms with Crippen LogP contribution in [0.3, 0.4) is 0 Å². The monoisotopic (exact) mass is 345 g/mol. The highest BCUT2D eigenvalue weighted by molar-refractivity contribution is 9.10. The van der Waals surface area contributed by atoms with E-state index < -0.39 is 0 Å². The fourth-order valence-electron chi connectivity index (χ4n) is 2.50. The third-order valence-corrected chi connectivity index (χ3v) is 4.41. The summed E-state index contributed by atoms with van der Waals surface area (Å²) in [6.45, 7) is 1.01. The van der Waals surface area contributed by atoms with Crippen LogP contribution in [0, 0.1) is 0 Å². The molecule has 0 fully saturated rings. The number of carbonyl (C=O) groups excluding carboxylic acids is 1. The topological polar surface area (TPSA) is 38.3 Å². The molecule has 3 rings (SSSR count). The van der Waals surface area contributed by atoms with Crippen molar-refractivity contribution in [2.45, 2.75) is 25.6 Å². The molecule has 1 unspecified atom stereocenters. The van der Waals surface area contributed by atoms with Gasteiger partial charge in [-0.05, 0) is 29.2 Å². The molecule has 0 aromatic heterocycles. The van der Waals surface area contributed by atoms with Crippen LogP contribution >= 0.6 is 15.9 Å². The lowest BCUT2D eigenvalue weighted by molar-refractivity contribution is -0.147. The minimum absolute atomic E-state index is 0.194. The normalized spacial score (nSPS) is 17.1. The van der Waals surface area contributed by atoms with Gasteiger partial charge in [-0.1, -0.05) is 58.4 Å². The molecule has 1 heterocycles. The van der Waals surface area contributed by atoms with E-state index in [1.165, 1.54) is 11.1 Å². The van der Waals surface area contributed by atoms with Gasteiger partial charge in [-0.3, -0.25) is 4.79 Å². The molecule has 2 aromatic rings. The molecular weight excluding hydrogens is 330 g/mol. The molecule has 0 amide bonds. The van der Waals surface area contributed by atoms with Gasteiger partial charge in [0, 0.05) is 11.0 Å². The number of rotatable bonds is 3. The van der Waals surface area contributed by atoms with E-state index in [-0.39, 0.29) is 12.0 Å². The SMILES string of the molecule is O=C(OCc1ccccc1)C1Cc2c(Br)cccc2CN1. The second-order valence-corrected chi connectivity index (χ2v) is 5.96. The number of esters is 1. The number of nitrogens with one attached hydrogen (secondary N) is 1. The first kappa shape index (κ1) is 14.3. The molecule has 108 valence electrons. The van der Waals surface area contributed by atoms with Crippen molar-refractivity contribution in [2.24, 2.45) is 0 Å². The van der Waals surface area contributed by atoms with Crippen molar-refractivity contribution in [3.8, 4) is 0 Å². The van der Waals surface area contributed by atoms with Gasteiger partial charge in [-0.15, -0.1) is 0 Å². The van der Waals surface area contributed by atoms with Crippen molar-refractivity contribution >= 4 is 21.9 Å². The first-order valence-electron chi connectivity index (χ1n) is 6.94. The van der Waals surface area contributed by atoms with Crippen LogP contribution in [0.25, 0.3) is 0 Å². The molecule has 1 atom stereocenters. The summed E-state index contributed by atoms with van der Waals surface area (Å²) in [5, 5.41) is 3.24. The number of halogens is 1. The summed E-state index contributed by atoms with van der Waals surface area (Å²) in [5.74, 6) is -0.194. The molecule has 1 aliphatic rings. The molecule has 1 N–H and O–H groups in total. The predicted octanol–water partition coefficient (Wildman–Crippen LogP) is 3.21. The maximum atomic E-state index is 12.2. The lowest BCUT2D eigenvalue weighted by Crippen LogP contribution is -2.42. The number of ether oxygens (including phenoxy) is 1. The molecule has 1 aliphatic heterocycles. The summed E-state index contributed by atoms with van der Waals surface area (Å²) in [6, 6.07) is 15.6. The van der Waals surface area contributed by atoms with E-state index >= 15 is 0 Å². The van der Waals surface area contributed by atoms with Gasteiger partial charge in [-0.2, -0.15) is 0 Å². The summed E-state index contributed by atoms with van der Waals surface area (Å²) < 4.78 is 6.46. The smallest absolute Gasteiger partial charge is 0.323 e. The minimum atomic E-state index is -0.278. The average Bonchev–Trinajstić information content (AvgIpc) is 2.54. The van der Waals surface area contributed by atoms with Gasteiger partial charge in [0.25, 0.3) is 0 Å². The Kier molecular flexibility index (Phi) is 4.36. The first-order chi connectivity index (χ1) is 10.2. The van der Waals surface area contributed by atoms with E-state index in [4.69, 9.17) is 4.74 Å². The maximum absolute atomic E-state index is 12.2. The van der Waals surface area contributed by atoms with Gasteiger partial charge in [0.05, 0.1) is 0 Å². The van der Waals surface area contributed by atoms with Crippen LogP contribution in [0.1, 0.15) is 16.7 Å². The van der Waals surface area contributed by atoms with Crippen molar-refractivity contribution in [3.05, 3.63) is 69.7 Å². The summed E-state index contributed by atoms with van der Waals surface area (Å²) in [4.78, 5) is 12.2. The molecular formula is C17H16BrNO2. The molecule has 4 heteroatoms. The van der Waals surface area contributed by atoms with Gasteiger partial charge in [0.2, 0.25) is 0 Å². The van der Waals surface area contributed by atoms with Crippen molar-refractivity contribution in [1.29, 1.82) is 0 Å². The van der Waals surface area contributed by atoms with Crippen LogP contribution in [-0.2, 0) is 29.1 Å². The summed E-state index contributed by atoms with van der Waals surface area (Å²) >= 11 is 3.55. The summed E-state index contributed by atoms with van der Waals surface area (Å²) in [5.41, 5.74) is 3.43. The van der Waals surface area contributed by atoms with Crippen molar-refractivity contribution in [1.82, 2.24) is 5.32 Å². The number of benzene rings is 2. The minimum Gasteiger partial charge on any atom is -0.460 e. The van der Waals surface area contributed by atoms with Crippen LogP contribution in [0.15, 0.2) is 53.0 Å². The van der Waals surface area contributed by atoms with E-state index in [9.17, 15) is 4.79 Å². The van der Waals surface area contributed by atoms with E-state index in [0.29, 0.717) is 19.6 Å². The summed E-state index contributed by atoms with van der Waals surface area (Å²) in [7, 11) is 0. The highest BCUT2D eigenvalue weighted by Crippen LogP contribution is 2.25. The largest absolute Gasteiger partial charge is 0.460 e. The Labute approximate surface area is 132 Å². The Morgan fingerprint density at radius 1 is 1.19 bits per heavy atom. The second-order valence-electron chi connectivity index (χ2n) is 5.11. The van der Waals surface area contributed by atoms with Crippen molar-refractivity contribution < 1.29 is 9.53 Å². The molecule has 21 heavy (non-hydrogen) atoms. The highest BCUT2D eigenvalue weighted by Gasteiger charge is 2.26. The van der Waals surface area contributed by atoms with Crippen LogP contribution < -0.4 is 5.32 Å². The number of fused-ring (bicyclic) bond motifs is 1. The quantitative estimate of drug-likeness (QED) is 0.868. The van der Waals surface area contributed by atoms with Gasteiger partial charge in [0.1, 0.15) is 12.6 Å². The Morgan fingerprint density at radius 2 is 2.00 bits per heavy atom. The van der Waals surface area contributed by atoms with E-state index in [2.05, 4.69) is 27.3 Å². The van der Waals surface area contributed by atoms with Crippen LogP contribution in [0.2, 0.25) is 0 Å². The van der Waals surface area contributed by atoms with Gasteiger partial charge < -0.3 is 10.1 Å². The Balaban J connectivity index is 1.63. The Morgan fingerprint density at radius 3 is 2.81 bits per heavy atom. The third kappa shape index (κ3) is 3.34. The standard InChI is InChI=1S/C17H16BrNO2/c18-15-8-4-7-13-10-19-16(9-14(13)15)17(20)21-11-12-5-2-1-3-6-12/h1-8,16,19H,9-11H2. The van der Waals surface area contributed by atoms with E-state index in [1.54, 1.807) is 0 Å². The lowest BCUT2D eigenvalue weighted by Gasteiger charge is -2.25. The highest BCUT2D eigenvalue weighted by atomic mass is 79.9.